The van der Waals surface area contributed by atoms with E-state index in [1.807, 2.05) is 77.4 Å². The Balaban J connectivity index is 1.19. The van der Waals surface area contributed by atoms with Gasteiger partial charge in [-0.05, 0) is 41.5 Å². The lowest BCUT2D eigenvalue weighted by Gasteiger charge is -2.26. The summed E-state index contributed by atoms with van der Waals surface area (Å²) >= 11 is 0. The molecule has 1 fully saturated rings. The van der Waals surface area contributed by atoms with E-state index in [0.717, 1.165) is 66.9 Å². The van der Waals surface area contributed by atoms with Crippen molar-refractivity contribution in [2.75, 3.05) is 46.4 Å². The number of rotatable bonds is 12. The molecule has 1 aliphatic rings. The van der Waals surface area contributed by atoms with E-state index in [2.05, 4.69) is 25.8 Å². The van der Waals surface area contributed by atoms with Gasteiger partial charge in [0.15, 0.2) is 0 Å². The molecule has 0 saturated carbocycles. The molecular formula is C33H37N7O3. The van der Waals surface area contributed by atoms with Crippen LogP contribution >= 0.6 is 0 Å². The summed E-state index contributed by atoms with van der Waals surface area (Å²) in [5.74, 6) is -0.417. The van der Waals surface area contributed by atoms with Gasteiger partial charge in [0.05, 0.1) is 29.8 Å². The Morgan fingerprint density at radius 2 is 1.74 bits per heavy atom. The SMILES string of the molecule is CN/C(Cc1ccccc1)=C(\C=N)C(=O)NCc1ccc(-n2cnc3cc(C(=O)NCCN4CCOCC4)ccc32)cc1. The minimum atomic E-state index is -0.305. The van der Waals surface area contributed by atoms with Crippen molar-refractivity contribution in [3.63, 3.8) is 0 Å². The summed E-state index contributed by atoms with van der Waals surface area (Å²) in [6.45, 7) is 4.98. The molecular weight excluding hydrogens is 542 g/mol. The van der Waals surface area contributed by atoms with Gasteiger partial charge in [-0.25, -0.2) is 4.98 Å². The summed E-state index contributed by atoms with van der Waals surface area (Å²) < 4.78 is 7.34. The van der Waals surface area contributed by atoms with Crippen LogP contribution in [0.1, 0.15) is 21.5 Å². The zero-order valence-electron chi connectivity index (χ0n) is 24.3. The lowest BCUT2D eigenvalue weighted by molar-refractivity contribution is -0.117. The Morgan fingerprint density at radius 1 is 0.977 bits per heavy atom. The summed E-state index contributed by atoms with van der Waals surface area (Å²) in [4.78, 5) is 32.5. The fourth-order valence-corrected chi connectivity index (χ4v) is 5.07. The molecule has 2 heterocycles. The number of morpholine rings is 1. The van der Waals surface area contributed by atoms with E-state index < -0.39 is 0 Å². The van der Waals surface area contributed by atoms with Crippen molar-refractivity contribution in [2.45, 2.75) is 13.0 Å². The molecule has 0 radical (unpaired) electrons. The number of fused-ring (bicyclic) bond motifs is 1. The minimum absolute atomic E-state index is 0.112. The topological polar surface area (TPSA) is 124 Å². The molecule has 43 heavy (non-hydrogen) atoms. The number of carbonyl (C=O) groups excluding carboxylic acids is 2. The number of allylic oxidation sites excluding steroid dienone is 1. The number of nitrogens with zero attached hydrogens (tertiary/aromatic N) is 3. The molecule has 1 aromatic heterocycles. The van der Waals surface area contributed by atoms with E-state index in [1.165, 1.54) is 0 Å². The van der Waals surface area contributed by atoms with E-state index in [-0.39, 0.29) is 11.8 Å². The van der Waals surface area contributed by atoms with Gasteiger partial charge in [-0.15, -0.1) is 0 Å². The number of aromatic nitrogens is 2. The van der Waals surface area contributed by atoms with Crippen molar-refractivity contribution in [2.24, 2.45) is 0 Å². The molecule has 4 aromatic rings. The number of hydrogen-bond acceptors (Lipinski definition) is 7. The first-order valence-electron chi connectivity index (χ1n) is 14.4. The molecule has 4 N–H and O–H groups in total. The number of carbonyl (C=O) groups is 2. The van der Waals surface area contributed by atoms with Gasteiger partial charge in [0.25, 0.3) is 11.8 Å². The molecule has 1 aliphatic heterocycles. The standard InChI is InChI=1S/C33H37N7O3/c1-35-29(19-24-5-3-2-4-6-24)28(21-34)33(42)37-22-25-7-10-27(11-8-25)40-23-38-30-20-26(9-12-31(30)40)32(41)36-13-14-39-15-17-43-18-16-39/h2-12,20-21,23,34-35H,13-19,22H2,1H3,(H,36,41)(H,37,42)/b29-28+,34-21?. The third-order valence-corrected chi connectivity index (χ3v) is 7.53. The predicted molar refractivity (Wildman–Crippen MR) is 168 cm³/mol. The smallest absolute Gasteiger partial charge is 0.254 e. The van der Waals surface area contributed by atoms with Crippen LogP contribution in [0, 0.1) is 5.41 Å². The molecule has 0 aliphatic carbocycles. The summed E-state index contributed by atoms with van der Waals surface area (Å²) in [6.07, 6.45) is 3.37. The Hall–Kier alpha value is -4.80. The van der Waals surface area contributed by atoms with Gasteiger partial charge in [0.2, 0.25) is 0 Å². The van der Waals surface area contributed by atoms with Gasteiger partial charge in [-0.1, -0.05) is 42.5 Å². The van der Waals surface area contributed by atoms with E-state index in [0.29, 0.717) is 36.3 Å². The summed E-state index contributed by atoms with van der Waals surface area (Å²) in [5.41, 5.74) is 6.10. The zero-order valence-corrected chi connectivity index (χ0v) is 24.3. The van der Waals surface area contributed by atoms with Gasteiger partial charge < -0.3 is 26.1 Å². The summed E-state index contributed by atoms with van der Waals surface area (Å²) in [7, 11) is 1.76. The third-order valence-electron chi connectivity index (χ3n) is 7.53. The Bertz CT molecular complexity index is 1590. The lowest BCUT2D eigenvalue weighted by Crippen LogP contribution is -2.41. The maximum absolute atomic E-state index is 12.9. The number of likely N-dealkylation sites (N-methyl/N-ethyl adjacent to an activating group) is 1. The van der Waals surface area contributed by atoms with Crippen LogP contribution in [0.25, 0.3) is 16.7 Å². The molecule has 10 nitrogen and oxygen atoms in total. The maximum atomic E-state index is 12.9. The van der Waals surface area contributed by atoms with Crippen molar-refractivity contribution in [3.05, 3.63) is 107 Å². The van der Waals surface area contributed by atoms with Gasteiger partial charge in [0.1, 0.15) is 6.33 Å². The van der Waals surface area contributed by atoms with E-state index in [4.69, 9.17) is 10.1 Å². The summed E-state index contributed by atoms with van der Waals surface area (Å²) in [6, 6.07) is 23.2. The number of benzene rings is 3. The monoisotopic (exact) mass is 579 g/mol. The van der Waals surface area contributed by atoms with Crippen LogP contribution in [0.4, 0.5) is 0 Å². The number of imidazole rings is 1. The zero-order chi connectivity index (χ0) is 30.0. The lowest BCUT2D eigenvalue weighted by atomic mass is 10.1. The molecule has 0 spiro atoms. The number of ether oxygens (including phenoxy) is 1. The van der Waals surface area contributed by atoms with Crippen LogP contribution in [0.5, 0.6) is 0 Å². The van der Waals surface area contributed by atoms with Gasteiger partial charge >= 0.3 is 0 Å². The maximum Gasteiger partial charge on any atom is 0.254 e. The molecule has 0 bridgehead atoms. The first-order chi connectivity index (χ1) is 21.1. The Labute approximate surface area is 251 Å². The third kappa shape index (κ3) is 7.54. The van der Waals surface area contributed by atoms with Gasteiger partial charge in [-0.2, -0.15) is 0 Å². The highest BCUT2D eigenvalue weighted by atomic mass is 16.5. The second-order valence-corrected chi connectivity index (χ2v) is 10.3. The van der Waals surface area contributed by atoms with E-state index >= 15 is 0 Å². The second kappa shape index (κ2) is 14.4. The fraction of sp³-hybridized carbons (Fsp3) is 0.273. The molecule has 222 valence electrons. The number of amides is 2. The normalized spacial score (nSPS) is 14.2. The van der Waals surface area contributed by atoms with Crippen LogP contribution in [0.15, 0.2) is 90.4 Å². The van der Waals surface area contributed by atoms with Crippen molar-refractivity contribution < 1.29 is 14.3 Å². The Kier molecular flexibility index (Phi) is 9.94. The molecule has 3 aromatic carbocycles. The van der Waals surface area contributed by atoms with E-state index in [9.17, 15) is 9.59 Å². The van der Waals surface area contributed by atoms with Gasteiger partial charge in [0, 0.05) is 69.4 Å². The highest BCUT2D eigenvalue weighted by Crippen LogP contribution is 2.20. The van der Waals surface area contributed by atoms with Crippen LogP contribution in [0.2, 0.25) is 0 Å². The molecule has 2 amide bonds. The average molecular weight is 580 g/mol. The highest BCUT2D eigenvalue weighted by molar-refractivity contribution is 6.12. The van der Waals surface area contributed by atoms with Crippen LogP contribution < -0.4 is 16.0 Å². The second-order valence-electron chi connectivity index (χ2n) is 10.3. The van der Waals surface area contributed by atoms with Crippen molar-refractivity contribution in [1.82, 2.24) is 30.4 Å². The fourth-order valence-electron chi connectivity index (χ4n) is 5.07. The molecule has 1 saturated heterocycles. The largest absolute Gasteiger partial charge is 0.390 e. The van der Waals surface area contributed by atoms with Crippen LogP contribution in [-0.4, -0.2) is 78.9 Å². The van der Waals surface area contributed by atoms with Crippen LogP contribution in [-0.2, 0) is 22.5 Å². The van der Waals surface area contributed by atoms with Crippen molar-refractivity contribution in [3.8, 4) is 5.69 Å². The van der Waals surface area contributed by atoms with E-state index in [1.54, 1.807) is 13.4 Å². The van der Waals surface area contributed by atoms with Gasteiger partial charge in [-0.3, -0.25) is 19.1 Å². The van der Waals surface area contributed by atoms with Crippen molar-refractivity contribution >= 4 is 29.1 Å². The van der Waals surface area contributed by atoms with Crippen molar-refractivity contribution in [1.29, 1.82) is 5.41 Å². The number of hydrogen-bond donors (Lipinski definition) is 4. The molecule has 5 rings (SSSR count). The first kappa shape index (κ1) is 29.7. The molecule has 0 atom stereocenters. The highest BCUT2D eigenvalue weighted by Gasteiger charge is 2.15. The molecule has 0 unspecified atom stereocenters. The van der Waals surface area contributed by atoms with Crippen LogP contribution in [0.3, 0.4) is 0 Å². The quantitative estimate of drug-likeness (QED) is 0.151. The predicted octanol–water partition coefficient (Wildman–Crippen LogP) is 3.07. The minimum Gasteiger partial charge on any atom is -0.390 e. The summed E-state index contributed by atoms with van der Waals surface area (Å²) in [5, 5.41) is 16.8. The first-order valence-corrected chi connectivity index (χ1v) is 14.4. The molecule has 10 heteroatoms. The Morgan fingerprint density at radius 3 is 2.47 bits per heavy atom. The number of nitrogens with one attached hydrogen (secondary N) is 4. The average Bonchev–Trinajstić information content (AvgIpc) is 3.48.